The number of carbonyl (C=O) groups is 1. The Balaban J connectivity index is 1.43. The average molecular weight is 475 g/mol. The fourth-order valence-corrected chi connectivity index (χ4v) is 6.04. The number of benzene rings is 2. The topological polar surface area (TPSA) is 101 Å². The molecule has 10 heteroatoms. The van der Waals surface area contributed by atoms with E-state index in [1.807, 2.05) is 19.1 Å². The Labute approximate surface area is 191 Å². The maximum absolute atomic E-state index is 12.8. The summed E-state index contributed by atoms with van der Waals surface area (Å²) in [4.78, 5) is 17.2. The van der Waals surface area contributed by atoms with Crippen molar-refractivity contribution >= 4 is 42.6 Å². The Morgan fingerprint density at radius 3 is 2.50 bits per heavy atom. The zero-order valence-corrected chi connectivity index (χ0v) is 19.8. The van der Waals surface area contributed by atoms with Crippen LogP contribution in [0.2, 0.25) is 0 Å². The largest absolute Gasteiger partial charge is 0.494 e. The summed E-state index contributed by atoms with van der Waals surface area (Å²) in [7, 11) is -1.95. The van der Waals surface area contributed by atoms with Gasteiger partial charge in [0.05, 0.1) is 16.7 Å². The third kappa shape index (κ3) is 4.43. The van der Waals surface area contributed by atoms with E-state index in [9.17, 15) is 13.2 Å². The van der Waals surface area contributed by atoms with E-state index >= 15 is 0 Å². The Bertz CT molecular complexity index is 1230. The van der Waals surface area contributed by atoms with Crippen LogP contribution in [0.4, 0.5) is 5.13 Å². The van der Waals surface area contributed by atoms with Crippen LogP contribution in [-0.2, 0) is 10.0 Å². The molecule has 2 N–H and O–H groups in total. The summed E-state index contributed by atoms with van der Waals surface area (Å²) in [6.07, 6.45) is 1.73. The molecule has 0 aliphatic carbocycles. The van der Waals surface area contributed by atoms with Crippen molar-refractivity contribution in [2.24, 2.45) is 5.92 Å². The number of hydrazine groups is 1. The van der Waals surface area contributed by atoms with Crippen molar-refractivity contribution in [1.29, 1.82) is 0 Å². The molecule has 0 spiro atoms. The molecule has 2 heterocycles. The van der Waals surface area contributed by atoms with Gasteiger partial charge in [0.1, 0.15) is 11.3 Å². The van der Waals surface area contributed by atoms with E-state index in [2.05, 4.69) is 22.8 Å². The van der Waals surface area contributed by atoms with E-state index in [1.165, 1.54) is 39.9 Å². The molecule has 0 radical (unpaired) electrons. The number of piperidine rings is 1. The van der Waals surface area contributed by atoms with Crippen molar-refractivity contribution in [2.75, 3.05) is 25.6 Å². The Kier molecular flexibility index (Phi) is 6.36. The molecule has 2 aromatic carbocycles. The number of fused-ring (bicyclic) bond motifs is 1. The minimum absolute atomic E-state index is 0.199. The summed E-state index contributed by atoms with van der Waals surface area (Å²) in [5.74, 6) is 0.824. The van der Waals surface area contributed by atoms with Crippen LogP contribution in [0.1, 0.15) is 35.7 Å². The second kappa shape index (κ2) is 9.05. The molecule has 0 bridgehead atoms. The molecule has 1 aliphatic rings. The van der Waals surface area contributed by atoms with Gasteiger partial charge in [-0.1, -0.05) is 24.3 Å². The van der Waals surface area contributed by atoms with Crippen LogP contribution in [0.15, 0.2) is 41.3 Å². The molecule has 1 saturated heterocycles. The Morgan fingerprint density at radius 2 is 1.84 bits per heavy atom. The molecule has 8 nitrogen and oxygen atoms in total. The van der Waals surface area contributed by atoms with Crippen LogP contribution in [0.3, 0.4) is 0 Å². The number of sulfonamides is 1. The lowest BCUT2D eigenvalue weighted by molar-refractivity contribution is 0.0962. The highest BCUT2D eigenvalue weighted by molar-refractivity contribution is 7.89. The second-order valence-electron chi connectivity index (χ2n) is 7.97. The summed E-state index contributed by atoms with van der Waals surface area (Å²) in [5.41, 5.74) is 7.60. The predicted octanol–water partition coefficient (Wildman–Crippen LogP) is 3.79. The van der Waals surface area contributed by atoms with Gasteiger partial charge in [-0.15, -0.1) is 0 Å². The maximum Gasteiger partial charge on any atom is 0.269 e. The molecule has 0 unspecified atom stereocenters. The lowest BCUT2D eigenvalue weighted by Crippen LogP contribution is -2.37. The number of aromatic nitrogens is 1. The third-order valence-corrected chi connectivity index (χ3v) is 8.72. The van der Waals surface area contributed by atoms with Crippen LogP contribution < -0.4 is 15.6 Å². The zero-order valence-electron chi connectivity index (χ0n) is 18.2. The standard InChI is InChI=1S/C22H26N4O4S2/c1-14-10-12-26(13-11-14)32(28,29)17-7-5-16(6-8-17)21(27)24-25-22-23-19-18(30-3)9-4-15(2)20(19)31-22/h4-9,14H,10-13H2,1-3H3,(H,23,25)(H,24,27). The van der Waals surface area contributed by atoms with Gasteiger partial charge >= 0.3 is 0 Å². The first-order chi connectivity index (χ1) is 15.3. The number of methoxy groups -OCH3 is 1. The summed E-state index contributed by atoms with van der Waals surface area (Å²) in [6.45, 7) is 5.18. The quantitative estimate of drug-likeness (QED) is 0.527. The molecule has 4 rings (SSSR count). The van der Waals surface area contributed by atoms with Gasteiger partial charge in [0.2, 0.25) is 15.2 Å². The molecule has 1 amide bonds. The number of anilines is 1. The average Bonchev–Trinajstić information content (AvgIpc) is 3.23. The number of carbonyl (C=O) groups excluding carboxylic acids is 1. The number of rotatable bonds is 6. The molecule has 1 aliphatic heterocycles. The van der Waals surface area contributed by atoms with Gasteiger partial charge in [0.15, 0.2) is 0 Å². The summed E-state index contributed by atoms with van der Waals surface area (Å²) < 4.78 is 33.5. The number of aryl methyl sites for hydroxylation is 1. The number of amides is 1. The van der Waals surface area contributed by atoms with E-state index < -0.39 is 10.0 Å². The van der Waals surface area contributed by atoms with Crippen LogP contribution in [-0.4, -0.2) is 43.8 Å². The highest BCUT2D eigenvalue weighted by Crippen LogP contribution is 2.34. The van der Waals surface area contributed by atoms with Crippen molar-refractivity contribution in [2.45, 2.75) is 31.6 Å². The first kappa shape index (κ1) is 22.5. The van der Waals surface area contributed by atoms with Gasteiger partial charge in [0, 0.05) is 18.7 Å². The fourth-order valence-electron chi connectivity index (χ4n) is 3.66. The molecule has 0 atom stereocenters. The summed E-state index contributed by atoms with van der Waals surface area (Å²) >= 11 is 1.41. The number of ether oxygens (including phenoxy) is 1. The fraction of sp³-hybridized carbons (Fsp3) is 0.364. The smallest absolute Gasteiger partial charge is 0.269 e. The van der Waals surface area contributed by atoms with Crippen molar-refractivity contribution in [1.82, 2.24) is 14.7 Å². The van der Waals surface area contributed by atoms with E-state index in [-0.39, 0.29) is 10.8 Å². The van der Waals surface area contributed by atoms with Crippen LogP contribution >= 0.6 is 11.3 Å². The minimum atomic E-state index is -3.54. The lowest BCUT2D eigenvalue weighted by Gasteiger charge is -2.29. The van der Waals surface area contributed by atoms with E-state index in [1.54, 1.807) is 7.11 Å². The number of thiazole rings is 1. The van der Waals surface area contributed by atoms with Crippen molar-refractivity contribution < 1.29 is 17.9 Å². The highest BCUT2D eigenvalue weighted by atomic mass is 32.2. The van der Waals surface area contributed by atoms with Gasteiger partial charge < -0.3 is 4.74 Å². The molecule has 32 heavy (non-hydrogen) atoms. The molecule has 1 aromatic heterocycles. The molecule has 1 fully saturated rings. The Morgan fingerprint density at radius 1 is 1.16 bits per heavy atom. The number of hydrogen-bond acceptors (Lipinski definition) is 7. The second-order valence-corrected chi connectivity index (χ2v) is 10.9. The third-order valence-electron chi connectivity index (χ3n) is 5.70. The van der Waals surface area contributed by atoms with Gasteiger partial charge in [-0.2, -0.15) is 4.31 Å². The first-order valence-electron chi connectivity index (χ1n) is 10.4. The van der Waals surface area contributed by atoms with Crippen molar-refractivity contribution in [3.05, 3.63) is 47.5 Å². The normalized spacial score (nSPS) is 15.6. The first-order valence-corrected chi connectivity index (χ1v) is 12.7. The molecular weight excluding hydrogens is 448 g/mol. The van der Waals surface area contributed by atoms with Gasteiger partial charge in [-0.05, 0) is 61.6 Å². The number of nitrogens with one attached hydrogen (secondary N) is 2. The zero-order chi connectivity index (χ0) is 22.9. The summed E-state index contributed by atoms with van der Waals surface area (Å²) in [6, 6.07) is 9.81. The van der Waals surface area contributed by atoms with Gasteiger partial charge in [-0.3, -0.25) is 15.6 Å². The molecule has 0 saturated carbocycles. The van der Waals surface area contributed by atoms with Crippen LogP contribution in [0.5, 0.6) is 5.75 Å². The molecule has 3 aromatic rings. The van der Waals surface area contributed by atoms with Gasteiger partial charge in [0.25, 0.3) is 5.91 Å². The molecular formula is C22H26N4O4S2. The highest BCUT2D eigenvalue weighted by Gasteiger charge is 2.28. The van der Waals surface area contributed by atoms with Crippen molar-refractivity contribution in [3.8, 4) is 5.75 Å². The number of nitrogens with zero attached hydrogens (tertiary/aromatic N) is 2. The van der Waals surface area contributed by atoms with Crippen LogP contribution in [0, 0.1) is 12.8 Å². The lowest BCUT2D eigenvalue weighted by atomic mass is 10.0. The SMILES string of the molecule is COc1ccc(C)c2sc(NNC(=O)c3ccc(S(=O)(=O)N4CCC(C)CC4)cc3)nc12. The van der Waals surface area contributed by atoms with E-state index in [0.717, 1.165) is 28.6 Å². The summed E-state index contributed by atoms with van der Waals surface area (Å²) in [5, 5.41) is 0.527. The van der Waals surface area contributed by atoms with Crippen LogP contribution in [0.25, 0.3) is 10.2 Å². The maximum atomic E-state index is 12.8. The monoisotopic (exact) mass is 474 g/mol. The van der Waals surface area contributed by atoms with E-state index in [4.69, 9.17) is 4.74 Å². The minimum Gasteiger partial charge on any atom is -0.494 e. The van der Waals surface area contributed by atoms with E-state index in [0.29, 0.717) is 35.5 Å². The van der Waals surface area contributed by atoms with Crippen molar-refractivity contribution in [3.63, 3.8) is 0 Å². The van der Waals surface area contributed by atoms with Gasteiger partial charge in [-0.25, -0.2) is 13.4 Å². The molecule has 170 valence electrons. The number of hydrogen-bond donors (Lipinski definition) is 2. The Hall–Kier alpha value is -2.69. The predicted molar refractivity (Wildman–Crippen MR) is 126 cm³/mol.